The number of hydrogen-bond donors (Lipinski definition) is 2. The van der Waals surface area contributed by atoms with Gasteiger partial charge in [-0.05, 0) is 6.42 Å². The van der Waals surface area contributed by atoms with Crippen LogP contribution in [0.4, 0.5) is 0 Å². The van der Waals surface area contributed by atoms with Crippen LogP contribution >= 0.6 is 0 Å². The number of nitrogens with one attached hydrogen (secondary N) is 1. The second kappa shape index (κ2) is 8.29. The van der Waals surface area contributed by atoms with Crippen LogP contribution in [0, 0.1) is 0 Å². The van der Waals surface area contributed by atoms with Gasteiger partial charge in [-0.1, -0.05) is 32.8 Å². The molecule has 1 atom stereocenters. The Morgan fingerprint density at radius 3 is 2.67 bits per heavy atom. The number of carbonyl (C=O) groups is 1. The van der Waals surface area contributed by atoms with Crippen molar-refractivity contribution < 1.29 is 14.6 Å². The van der Waals surface area contributed by atoms with E-state index in [4.69, 9.17) is 5.11 Å². The molecule has 0 aliphatic rings. The van der Waals surface area contributed by atoms with Gasteiger partial charge in [0.15, 0.2) is 0 Å². The van der Waals surface area contributed by atoms with E-state index in [1.807, 2.05) is 0 Å². The lowest BCUT2D eigenvalue weighted by Crippen LogP contribution is -2.38. The summed E-state index contributed by atoms with van der Waals surface area (Å²) in [4.78, 5) is 11.3. The highest BCUT2D eigenvalue weighted by molar-refractivity contribution is 5.75. The van der Waals surface area contributed by atoms with Crippen molar-refractivity contribution in [3.05, 3.63) is 12.3 Å². The van der Waals surface area contributed by atoms with E-state index in [1.54, 1.807) is 0 Å². The van der Waals surface area contributed by atoms with Crippen molar-refractivity contribution >= 4 is 5.97 Å². The molecule has 4 nitrogen and oxygen atoms in total. The molecule has 0 spiro atoms. The Hall–Kier alpha value is -1.03. The first kappa shape index (κ1) is 14.0. The third kappa shape index (κ3) is 6.96. The van der Waals surface area contributed by atoms with Crippen LogP contribution in [0.25, 0.3) is 0 Å². The average molecular weight is 215 g/mol. The summed E-state index contributed by atoms with van der Waals surface area (Å²) in [7, 11) is 1.37. The maximum absolute atomic E-state index is 11.3. The SMILES string of the molecule is C=C(O)CN[C@@H](CCCCC)C(=O)OC. The number of rotatable bonds is 8. The average Bonchev–Trinajstić information content (AvgIpc) is 2.21. The van der Waals surface area contributed by atoms with Crippen LogP contribution in [0.5, 0.6) is 0 Å². The minimum absolute atomic E-state index is 0.0272. The molecule has 0 aromatic carbocycles. The molecule has 0 saturated carbocycles. The normalized spacial score (nSPS) is 12.1. The number of unbranched alkanes of at least 4 members (excludes halogenated alkanes) is 2. The van der Waals surface area contributed by atoms with Crippen molar-refractivity contribution in [3.63, 3.8) is 0 Å². The third-order valence-electron chi connectivity index (χ3n) is 2.13. The van der Waals surface area contributed by atoms with E-state index in [1.165, 1.54) is 7.11 Å². The third-order valence-corrected chi connectivity index (χ3v) is 2.13. The van der Waals surface area contributed by atoms with Crippen molar-refractivity contribution in [1.29, 1.82) is 0 Å². The minimum atomic E-state index is -0.342. The molecule has 15 heavy (non-hydrogen) atoms. The van der Waals surface area contributed by atoms with Crippen LogP contribution in [0.3, 0.4) is 0 Å². The van der Waals surface area contributed by atoms with Gasteiger partial charge >= 0.3 is 5.97 Å². The van der Waals surface area contributed by atoms with Crippen molar-refractivity contribution in [2.45, 2.75) is 38.6 Å². The summed E-state index contributed by atoms with van der Waals surface area (Å²) in [5, 5.41) is 11.8. The molecule has 0 unspecified atom stereocenters. The molecule has 0 amide bonds. The van der Waals surface area contributed by atoms with Crippen LogP contribution < -0.4 is 5.32 Å². The van der Waals surface area contributed by atoms with Gasteiger partial charge in [-0.3, -0.25) is 10.1 Å². The second-order valence-electron chi connectivity index (χ2n) is 3.52. The monoisotopic (exact) mass is 215 g/mol. The quantitative estimate of drug-likeness (QED) is 0.368. The number of methoxy groups -OCH3 is 1. The van der Waals surface area contributed by atoms with Crippen LogP contribution in [0.2, 0.25) is 0 Å². The summed E-state index contributed by atoms with van der Waals surface area (Å²) >= 11 is 0. The van der Waals surface area contributed by atoms with Crippen LogP contribution in [-0.2, 0) is 9.53 Å². The summed E-state index contributed by atoms with van der Waals surface area (Å²) in [6, 6.07) is -0.342. The summed E-state index contributed by atoms with van der Waals surface area (Å²) < 4.78 is 4.66. The zero-order chi connectivity index (χ0) is 11.7. The fourth-order valence-corrected chi connectivity index (χ4v) is 1.28. The Kier molecular flexibility index (Phi) is 7.72. The number of aliphatic hydroxyl groups is 1. The first-order valence-corrected chi connectivity index (χ1v) is 5.29. The molecule has 0 radical (unpaired) electrons. The van der Waals surface area contributed by atoms with Crippen molar-refractivity contribution in [3.8, 4) is 0 Å². The molecule has 0 aliphatic carbocycles. The number of esters is 1. The predicted molar refractivity (Wildman–Crippen MR) is 59.7 cm³/mol. The zero-order valence-electron chi connectivity index (χ0n) is 9.58. The highest BCUT2D eigenvalue weighted by Crippen LogP contribution is 2.05. The van der Waals surface area contributed by atoms with Gasteiger partial charge in [0, 0.05) is 0 Å². The highest BCUT2D eigenvalue weighted by atomic mass is 16.5. The van der Waals surface area contributed by atoms with E-state index in [2.05, 4.69) is 23.6 Å². The molecule has 0 fully saturated rings. The summed E-state index contributed by atoms with van der Waals surface area (Å²) in [5.41, 5.74) is 0. The smallest absolute Gasteiger partial charge is 0.322 e. The molecule has 2 N–H and O–H groups in total. The molecule has 0 aliphatic heterocycles. The number of hydrogen-bond acceptors (Lipinski definition) is 4. The standard InChI is InChI=1S/C11H21NO3/c1-4-5-6-7-10(11(14)15-3)12-8-9(2)13/h10,12-13H,2,4-8H2,1,3H3/t10-/m0/s1. The maximum Gasteiger partial charge on any atom is 0.322 e. The Morgan fingerprint density at radius 2 is 2.20 bits per heavy atom. The van der Waals surface area contributed by atoms with Gasteiger partial charge in [0.25, 0.3) is 0 Å². The molecule has 88 valence electrons. The Labute approximate surface area is 91.3 Å². The van der Waals surface area contributed by atoms with E-state index < -0.39 is 0 Å². The molecule has 0 aromatic heterocycles. The van der Waals surface area contributed by atoms with Gasteiger partial charge in [-0.15, -0.1) is 0 Å². The fourth-order valence-electron chi connectivity index (χ4n) is 1.28. The lowest BCUT2D eigenvalue weighted by Gasteiger charge is -2.15. The Balaban J connectivity index is 3.95. The minimum Gasteiger partial charge on any atom is -0.512 e. The van der Waals surface area contributed by atoms with Gasteiger partial charge in [0.2, 0.25) is 0 Å². The Morgan fingerprint density at radius 1 is 1.53 bits per heavy atom. The first-order chi connectivity index (χ1) is 7.11. The van der Waals surface area contributed by atoms with E-state index in [-0.39, 0.29) is 24.3 Å². The zero-order valence-corrected chi connectivity index (χ0v) is 9.58. The van der Waals surface area contributed by atoms with E-state index >= 15 is 0 Å². The van der Waals surface area contributed by atoms with Gasteiger partial charge < -0.3 is 9.84 Å². The first-order valence-electron chi connectivity index (χ1n) is 5.29. The lowest BCUT2D eigenvalue weighted by molar-refractivity contribution is -0.143. The van der Waals surface area contributed by atoms with E-state index in [9.17, 15) is 4.79 Å². The van der Waals surface area contributed by atoms with Crippen molar-refractivity contribution in [2.24, 2.45) is 0 Å². The molecular formula is C11H21NO3. The molecule has 0 heterocycles. The summed E-state index contributed by atoms with van der Waals surface area (Å²) in [6.45, 7) is 5.68. The predicted octanol–water partition coefficient (Wildman–Crippen LogP) is 1.77. The number of aliphatic hydroxyl groups excluding tert-OH is 1. The van der Waals surface area contributed by atoms with Gasteiger partial charge in [0.05, 0.1) is 19.4 Å². The largest absolute Gasteiger partial charge is 0.512 e. The molecule has 0 saturated heterocycles. The second-order valence-corrected chi connectivity index (χ2v) is 3.52. The number of ether oxygens (including phenoxy) is 1. The highest BCUT2D eigenvalue weighted by Gasteiger charge is 2.17. The van der Waals surface area contributed by atoms with Crippen molar-refractivity contribution in [1.82, 2.24) is 5.32 Å². The fraction of sp³-hybridized carbons (Fsp3) is 0.727. The van der Waals surface area contributed by atoms with Gasteiger partial charge in [0.1, 0.15) is 6.04 Å². The van der Waals surface area contributed by atoms with Gasteiger partial charge in [-0.25, -0.2) is 0 Å². The molecule has 0 rings (SSSR count). The molecule has 4 heteroatoms. The van der Waals surface area contributed by atoms with Crippen LogP contribution in [-0.4, -0.2) is 30.8 Å². The van der Waals surface area contributed by atoms with Gasteiger partial charge in [-0.2, -0.15) is 0 Å². The topological polar surface area (TPSA) is 58.6 Å². The summed E-state index contributed by atoms with van der Waals surface area (Å²) in [5.74, 6) is -0.258. The van der Waals surface area contributed by atoms with E-state index in [0.29, 0.717) is 0 Å². The molecule has 0 bridgehead atoms. The lowest BCUT2D eigenvalue weighted by atomic mass is 10.1. The van der Waals surface area contributed by atoms with Crippen LogP contribution in [0.1, 0.15) is 32.6 Å². The Bertz CT molecular complexity index is 204. The molecule has 0 aromatic rings. The number of carbonyl (C=O) groups excluding carboxylic acids is 1. The summed E-state index contributed by atoms with van der Waals surface area (Å²) in [6.07, 6.45) is 3.91. The van der Waals surface area contributed by atoms with E-state index in [0.717, 1.165) is 25.7 Å². The molecular weight excluding hydrogens is 194 g/mol. The van der Waals surface area contributed by atoms with Crippen molar-refractivity contribution in [2.75, 3.05) is 13.7 Å². The van der Waals surface area contributed by atoms with Crippen LogP contribution in [0.15, 0.2) is 12.3 Å². The maximum atomic E-state index is 11.3.